The number of alkyl carbamates (subject to hydrolysis) is 1. The average molecular weight is 344 g/mol. The lowest BCUT2D eigenvalue weighted by Crippen LogP contribution is -2.49. The highest BCUT2D eigenvalue weighted by Gasteiger charge is 2.24. The van der Waals surface area contributed by atoms with Crippen LogP contribution in [0.25, 0.3) is 5.69 Å². The molecule has 134 valence electrons. The van der Waals surface area contributed by atoms with Gasteiger partial charge in [-0.05, 0) is 36.6 Å². The fourth-order valence-electron chi connectivity index (χ4n) is 2.32. The lowest BCUT2D eigenvalue weighted by molar-refractivity contribution is -0.124. The fourth-order valence-corrected chi connectivity index (χ4v) is 2.32. The van der Waals surface area contributed by atoms with Crippen molar-refractivity contribution in [3.05, 3.63) is 48.3 Å². The van der Waals surface area contributed by atoms with Crippen molar-refractivity contribution < 1.29 is 14.3 Å². The second-order valence-electron chi connectivity index (χ2n) is 5.92. The Labute approximate surface area is 147 Å². The number of nitrogens with zero attached hydrogens (tertiary/aromatic N) is 2. The summed E-state index contributed by atoms with van der Waals surface area (Å²) >= 11 is 0. The Bertz CT molecular complexity index is 681. The minimum atomic E-state index is -0.637. The lowest BCUT2D eigenvalue weighted by atomic mass is 10.0. The molecule has 2 aromatic rings. The van der Waals surface area contributed by atoms with Crippen LogP contribution >= 0.6 is 0 Å². The smallest absolute Gasteiger partial charge is 0.407 e. The van der Waals surface area contributed by atoms with E-state index in [1.165, 1.54) is 0 Å². The third-order valence-electron chi connectivity index (χ3n) is 3.67. The van der Waals surface area contributed by atoms with Gasteiger partial charge in [0, 0.05) is 18.9 Å². The number of hydrogen-bond acceptors (Lipinski definition) is 4. The zero-order valence-corrected chi connectivity index (χ0v) is 14.7. The van der Waals surface area contributed by atoms with Crippen molar-refractivity contribution in [2.24, 2.45) is 5.92 Å². The molecule has 2 N–H and O–H groups in total. The summed E-state index contributed by atoms with van der Waals surface area (Å²) in [5, 5.41) is 9.62. The van der Waals surface area contributed by atoms with E-state index in [0.29, 0.717) is 6.54 Å². The molecule has 0 aliphatic rings. The minimum absolute atomic E-state index is 0.0494. The molecule has 1 aromatic heterocycles. The molecule has 0 saturated carbocycles. The number of carbonyl (C=O) groups is 2. The van der Waals surface area contributed by atoms with Gasteiger partial charge in [0.1, 0.15) is 6.04 Å². The number of benzene rings is 1. The normalized spacial score (nSPS) is 11.8. The van der Waals surface area contributed by atoms with Gasteiger partial charge in [-0.25, -0.2) is 9.48 Å². The van der Waals surface area contributed by atoms with Gasteiger partial charge in [-0.2, -0.15) is 5.10 Å². The maximum Gasteiger partial charge on any atom is 0.407 e. The number of amides is 2. The first kappa shape index (κ1) is 18.5. The molecule has 0 fully saturated rings. The maximum atomic E-state index is 12.4. The Kier molecular flexibility index (Phi) is 6.56. The second kappa shape index (κ2) is 8.86. The van der Waals surface area contributed by atoms with Crippen molar-refractivity contribution in [2.75, 3.05) is 6.61 Å². The van der Waals surface area contributed by atoms with Crippen LogP contribution in [0, 0.1) is 5.92 Å². The molecule has 0 spiro atoms. The molecule has 7 nitrogen and oxygen atoms in total. The number of rotatable bonds is 7. The van der Waals surface area contributed by atoms with Crippen LogP contribution in [0.15, 0.2) is 42.7 Å². The Morgan fingerprint density at radius 2 is 1.96 bits per heavy atom. The van der Waals surface area contributed by atoms with Gasteiger partial charge in [-0.15, -0.1) is 0 Å². The number of carbonyl (C=O) groups excluding carboxylic acids is 2. The van der Waals surface area contributed by atoms with Crippen LogP contribution in [0.3, 0.4) is 0 Å². The van der Waals surface area contributed by atoms with Crippen LogP contribution in [0.5, 0.6) is 0 Å². The van der Waals surface area contributed by atoms with Gasteiger partial charge < -0.3 is 15.4 Å². The third-order valence-corrected chi connectivity index (χ3v) is 3.67. The Morgan fingerprint density at radius 1 is 1.24 bits per heavy atom. The minimum Gasteiger partial charge on any atom is -0.450 e. The molecule has 0 aliphatic heterocycles. The van der Waals surface area contributed by atoms with E-state index in [2.05, 4.69) is 15.7 Å². The van der Waals surface area contributed by atoms with Crippen LogP contribution < -0.4 is 10.6 Å². The first-order valence-electron chi connectivity index (χ1n) is 8.31. The topological polar surface area (TPSA) is 85.2 Å². The van der Waals surface area contributed by atoms with E-state index in [1.807, 2.05) is 50.4 Å². The highest BCUT2D eigenvalue weighted by atomic mass is 16.5. The zero-order valence-electron chi connectivity index (χ0n) is 14.7. The predicted octanol–water partition coefficient (Wildman–Crippen LogP) is 2.26. The molecular formula is C18H24N4O3. The predicted molar refractivity (Wildman–Crippen MR) is 94.2 cm³/mol. The second-order valence-corrected chi connectivity index (χ2v) is 5.92. The number of hydrogen-bond donors (Lipinski definition) is 2. The number of nitrogens with one attached hydrogen (secondary N) is 2. The lowest BCUT2D eigenvalue weighted by Gasteiger charge is -2.21. The van der Waals surface area contributed by atoms with E-state index in [0.717, 1.165) is 11.3 Å². The monoisotopic (exact) mass is 344 g/mol. The molecule has 0 saturated heterocycles. The Balaban J connectivity index is 1.92. The van der Waals surface area contributed by atoms with Crippen molar-refractivity contribution >= 4 is 12.0 Å². The van der Waals surface area contributed by atoms with Gasteiger partial charge in [-0.1, -0.05) is 26.0 Å². The van der Waals surface area contributed by atoms with Gasteiger partial charge in [0.25, 0.3) is 0 Å². The van der Waals surface area contributed by atoms with Gasteiger partial charge in [0.2, 0.25) is 5.91 Å². The Morgan fingerprint density at radius 3 is 2.52 bits per heavy atom. The molecule has 1 heterocycles. The molecule has 0 radical (unpaired) electrons. The quantitative estimate of drug-likeness (QED) is 0.807. The summed E-state index contributed by atoms with van der Waals surface area (Å²) in [6.07, 6.45) is 3.00. The highest BCUT2D eigenvalue weighted by Crippen LogP contribution is 2.09. The third kappa shape index (κ3) is 5.34. The fraction of sp³-hybridized carbons (Fsp3) is 0.389. The maximum absolute atomic E-state index is 12.4. The van der Waals surface area contributed by atoms with Crippen molar-refractivity contribution in [1.29, 1.82) is 0 Å². The molecule has 25 heavy (non-hydrogen) atoms. The van der Waals surface area contributed by atoms with Crippen LogP contribution in [0.4, 0.5) is 4.79 Å². The standard InChI is InChI=1S/C18H24N4O3/c1-4-25-18(24)21-16(13(2)3)17(23)19-12-14-6-8-15(9-7-14)22-11-5-10-20-22/h5-11,13,16H,4,12H2,1-3H3,(H,19,23)(H,21,24)/t16-/m0/s1. The molecule has 2 amide bonds. The molecule has 1 atom stereocenters. The summed E-state index contributed by atoms with van der Waals surface area (Å²) < 4.78 is 6.61. The van der Waals surface area contributed by atoms with Gasteiger partial charge in [-0.3, -0.25) is 4.79 Å². The summed E-state index contributed by atoms with van der Waals surface area (Å²) in [6.45, 7) is 6.11. The molecular weight excluding hydrogens is 320 g/mol. The summed E-state index contributed by atoms with van der Waals surface area (Å²) in [7, 11) is 0. The first-order chi connectivity index (χ1) is 12.0. The number of ether oxygens (including phenoxy) is 1. The van der Waals surface area contributed by atoms with Crippen LogP contribution in [-0.4, -0.2) is 34.4 Å². The van der Waals surface area contributed by atoms with Crippen LogP contribution in [0.1, 0.15) is 26.3 Å². The Hall–Kier alpha value is -2.83. The van der Waals surface area contributed by atoms with Crippen LogP contribution in [0.2, 0.25) is 0 Å². The summed E-state index contributed by atoms with van der Waals surface area (Å²) in [5.74, 6) is -0.286. The van der Waals surface area contributed by atoms with E-state index in [-0.39, 0.29) is 18.4 Å². The molecule has 0 bridgehead atoms. The largest absolute Gasteiger partial charge is 0.450 e. The summed E-state index contributed by atoms with van der Waals surface area (Å²) in [6, 6.07) is 8.95. The SMILES string of the molecule is CCOC(=O)N[C@H](C(=O)NCc1ccc(-n2cccn2)cc1)C(C)C. The number of aromatic nitrogens is 2. The van der Waals surface area contributed by atoms with E-state index in [4.69, 9.17) is 4.74 Å². The highest BCUT2D eigenvalue weighted by molar-refractivity contribution is 5.85. The van der Waals surface area contributed by atoms with Gasteiger partial charge in [0.15, 0.2) is 0 Å². The summed E-state index contributed by atoms with van der Waals surface area (Å²) in [4.78, 5) is 23.9. The molecule has 0 unspecified atom stereocenters. The van der Waals surface area contributed by atoms with Crippen molar-refractivity contribution in [3.8, 4) is 5.69 Å². The van der Waals surface area contributed by atoms with E-state index in [1.54, 1.807) is 17.8 Å². The van der Waals surface area contributed by atoms with E-state index >= 15 is 0 Å². The van der Waals surface area contributed by atoms with E-state index < -0.39 is 12.1 Å². The molecule has 2 rings (SSSR count). The van der Waals surface area contributed by atoms with Crippen molar-refractivity contribution in [1.82, 2.24) is 20.4 Å². The molecule has 0 aliphatic carbocycles. The zero-order chi connectivity index (χ0) is 18.2. The molecule has 7 heteroatoms. The van der Waals surface area contributed by atoms with Gasteiger partial charge in [0.05, 0.1) is 12.3 Å². The van der Waals surface area contributed by atoms with E-state index in [9.17, 15) is 9.59 Å². The van der Waals surface area contributed by atoms with Crippen molar-refractivity contribution in [2.45, 2.75) is 33.4 Å². The van der Waals surface area contributed by atoms with Crippen molar-refractivity contribution in [3.63, 3.8) is 0 Å². The summed E-state index contributed by atoms with van der Waals surface area (Å²) in [5.41, 5.74) is 1.91. The van der Waals surface area contributed by atoms with Gasteiger partial charge >= 0.3 is 6.09 Å². The average Bonchev–Trinajstić information content (AvgIpc) is 3.12. The molecule has 1 aromatic carbocycles. The van der Waals surface area contributed by atoms with Crippen LogP contribution in [-0.2, 0) is 16.1 Å². The first-order valence-corrected chi connectivity index (χ1v) is 8.31.